The largest absolute Gasteiger partial charge is 0.666 e. The number of nitrogens with zero attached hydrogens (tertiary/aromatic N) is 1. The monoisotopic (exact) mass is 318 g/mol. The van der Waals surface area contributed by atoms with Crippen molar-refractivity contribution in [3.05, 3.63) is 11.7 Å². The molecular formula is C5H9NVW-2. The molecule has 0 aliphatic carbocycles. The van der Waals surface area contributed by atoms with E-state index in [1.54, 1.807) is 0 Å². The summed E-state index contributed by atoms with van der Waals surface area (Å²) in [6.07, 6.45) is 4.72. The van der Waals surface area contributed by atoms with Gasteiger partial charge in [0.15, 0.2) is 0 Å². The molecule has 1 aliphatic rings. The molecule has 0 amide bonds. The summed E-state index contributed by atoms with van der Waals surface area (Å²) in [6.45, 7) is 2.14. The first-order valence-electron chi connectivity index (χ1n) is 2.45. The maximum atomic E-state index is 4.15. The molecule has 1 saturated heterocycles. The van der Waals surface area contributed by atoms with Crippen molar-refractivity contribution in [2.75, 3.05) is 13.1 Å². The molecule has 0 spiro atoms. The second-order valence-corrected chi connectivity index (χ2v) is 1.54. The standard InChI is InChI=1S/C5H9N.V.W/c1-2-4-6-5-3-1;;/h1H,2-5H2;;/q-2;;. The topological polar surface area (TPSA) is 14.1 Å². The van der Waals surface area contributed by atoms with Gasteiger partial charge in [-0.15, -0.1) is 0 Å². The molecule has 0 bridgehead atoms. The van der Waals surface area contributed by atoms with Crippen LogP contribution < -0.4 is 0 Å². The average molecular weight is 318 g/mol. The van der Waals surface area contributed by atoms with Gasteiger partial charge in [0.05, 0.1) is 0 Å². The van der Waals surface area contributed by atoms with Gasteiger partial charge in [-0.2, -0.15) is 25.9 Å². The molecule has 0 aromatic rings. The molecule has 1 nitrogen and oxygen atoms in total. The maximum absolute atomic E-state index is 4.15. The third-order valence-corrected chi connectivity index (χ3v) is 0.983. The van der Waals surface area contributed by atoms with Crippen molar-refractivity contribution in [1.29, 1.82) is 0 Å². The fourth-order valence-corrected chi connectivity index (χ4v) is 0.621. The Labute approximate surface area is 77.1 Å². The van der Waals surface area contributed by atoms with E-state index in [0.29, 0.717) is 0 Å². The predicted octanol–water partition coefficient (Wildman–Crippen LogP) is 1.35. The normalized spacial score (nSPS) is 18.0. The number of hydrogen-bond acceptors (Lipinski definition) is 0. The van der Waals surface area contributed by atoms with E-state index in [1.165, 1.54) is 12.8 Å². The first-order valence-corrected chi connectivity index (χ1v) is 2.45. The second-order valence-electron chi connectivity index (χ2n) is 1.54. The number of hydrogen-bond donors (Lipinski definition) is 0. The Kier molecular flexibility index (Phi) is 12.3. The molecule has 0 N–H and O–H groups in total. The molecule has 1 rings (SSSR count). The average Bonchev–Trinajstić information content (AvgIpc) is 1.72. The molecule has 3 heteroatoms. The quantitative estimate of drug-likeness (QED) is 0.599. The Morgan fingerprint density at radius 3 is 1.75 bits per heavy atom. The summed E-state index contributed by atoms with van der Waals surface area (Å²) in [7, 11) is 0. The summed E-state index contributed by atoms with van der Waals surface area (Å²) in [5.74, 6) is 0. The number of rotatable bonds is 0. The van der Waals surface area contributed by atoms with Gasteiger partial charge in [-0.1, -0.05) is 0 Å². The van der Waals surface area contributed by atoms with Crippen LogP contribution in [0.15, 0.2) is 0 Å². The van der Waals surface area contributed by atoms with Crippen LogP contribution in [0.1, 0.15) is 12.8 Å². The van der Waals surface area contributed by atoms with Gasteiger partial charge < -0.3 is 11.7 Å². The third-order valence-electron chi connectivity index (χ3n) is 0.983. The Hall–Kier alpha value is 1.23. The summed E-state index contributed by atoms with van der Waals surface area (Å²) in [5.41, 5.74) is 0. The number of piperidine rings is 1. The van der Waals surface area contributed by atoms with Gasteiger partial charge >= 0.3 is 0 Å². The minimum atomic E-state index is 0. The maximum Gasteiger partial charge on any atom is 0 e. The van der Waals surface area contributed by atoms with E-state index in [4.69, 9.17) is 0 Å². The van der Waals surface area contributed by atoms with Crippen molar-refractivity contribution in [3.8, 4) is 0 Å². The SMILES string of the molecule is [CH-]1CC[N-]CC1.[V].[W]. The van der Waals surface area contributed by atoms with E-state index in [-0.39, 0.29) is 39.6 Å². The summed E-state index contributed by atoms with van der Waals surface area (Å²) in [5, 5.41) is 4.15. The third kappa shape index (κ3) is 5.37. The zero-order valence-corrected chi connectivity index (χ0v) is 9.04. The minimum Gasteiger partial charge on any atom is -0.666 e. The van der Waals surface area contributed by atoms with Gasteiger partial charge in [-0.05, 0) is 0 Å². The van der Waals surface area contributed by atoms with Crippen molar-refractivity contribution >= 4 is 0 Å². The molecule has 47 valence electrons. The molecular weight excluding hydrogens is 309 g/mol. The Balaban J connectivity index is 0. The van der Waals surface area contributed by atoms with Crippen molar-refractivity contribution in [2.45, 2.75) is 12.8 Å². The first kappa shape index (κ1) is 12.0. The molecule has 1 heterocycles. The zero-order chi connectivity index (χ0) is 4.24. The zero-order valence-electron chi connectivity index (χ0n) is 4.71. The Morgan fingerprint density at radius 2 is 1.62 bits per heavy atom. The minimum absolute atomic E-state index is 0. The van der Waals surface area contributed by atoms with Crippen LogP contribution in [-0.4, -0.2) is 13.1 Å². The molecule has 0 atom stereocenters. The van der Waals surface area contributed by atoms with Gasteiger partial charge in [-0.3, -0.25) is 0 Å². The van der Waals surface area contributed by atoms with Gasteiger partial charge in [0.2, 0.25) is 0 Å². The van der Waals surface area contributed by atoms with Gasteiger partial charge in [-0.25, -0.2) is 0 Å². The summed E-state index contributed by atoms with van der Waals surface area (Å²) in [6, 6.07) is 0. The Bertz CT molecular complexity index is 27.9. The molecule has 1 aliphatic heterocycles. The van der Waals surface area contributed by atoms with Crippen LogP contribution in [-0.2, 0) is 39.6 Å². The summed E-state index contributed by atoms with van der Waals surface area (Å²) < 4.78 is 0. The van der Waals surface area contributed by atoms with Gasteiger partial charge in [0, 0.05) is 39.6 Å². The fourth-order valence-electron chi connectivity index (χ4n) is 0.621. The van der Waals surface area contributed by atoms with Crippen LogP contribution in [0.5, 0.6) is 0 Å². The van der Waals surface area contributed by atoms with Crippen molar-refractivity contribution in [1.82, 2.24) is 0 Å². The first-order chi connectivity index (χ1) is 3.00. The summed E-state index contributed by atoms with van der Waals surface area (Å²) in [4.78, 5) is 0. The molecule has 8 heavy (non-hydrogen) atoms. The van der Waals surface area contributed by atoms with Crippen molar-refractivity contribution < 1.29 is 39.6 Å². The molecule has 0 aromatic heterocycles. The van der Waals surface area contributed by atoms with Gasteiger partial charge in [0.25, 0.3) is 0 Å². The van der Waals surface area contributed by atoms with Crippen LogP contribution in [0.25, 0.3) is 5.32 Å². The van der Waals surface area contributed by atoms with E-state index in [9.17, 15) is 0 Å². The van der Waals surface area contributed by atoms with E-state index >= 15 is 0 Å². The summed E-state index contributed by atoms with van der Waals surface area (Å²) >= 11 is 0. The molecule has 1 radical (unpaired) electrons. The van der Waals surface area contributed by atoms with Crippen LogP contribution in [0, 0.1) is 6.42 Å². The second kappa shape index (κ2) is 8.23. The Morgan fingerprint density at radius 1 is 1.12 bits per heavy atom. The van der Waals surface area contributed by atoms with Crippen LogP contribution in [0.2, 0.25) is 0 Å². The van der Waals surface area contributed by atoms with Crippen LogP contribution in [0.4, 0.5) is 0 Å². The van der Waals surface area contributed by atoms with E-state index in [0.717, 1.165) is 13.1 Å². The molecule has 0 aromatic carbocycles. The van der Waals surface area contributed by atoms with Crippen molar-refractivity contribution in [2.24, 2.45) is 0 Å². The van der Waals surface area contributed by atoms with Crippen molar-refractivity contribution in [3.63, 3.8) is 0 Å². The van der Waals surface area contributed by atoms with Crippen LogP contribution >= 0.6 is 0 Å². The van der Waals surface area contributed by atoms with Gasteiger partial charge in [0.1, 0.15) is 0 Å². The smallest absolute Gasteiger partial charge is 0 e. The molecule has 0 saturated carbocycles. The van der Waals surface area contributed by atoms with E-state index in [2.05, 4.69) is 11.7 Å². The van der Waals surface area contributed by atoms with E-state index < -0.39 is 0 Å². The van der Waals surface area contributed by atoms with Crippen LogP contribution in [0.3, 0.4) is 0 Å². The predicted molar refractivity (Wildman–Crippen MR) is 26.6 cm³/mol. The molecule has 1 fully saturated rings. The molecule has 0 unspecified atom stereocenters. The fraction of sp³-hybridized carbons (Fsp3) is 0.800. The van der Waals surface area contributed by atoms with E-state index in [1.807, 2.05) is 0 Å².